The first-order chi connectivity index (χ1) is 14.4. The number of amides is 1. The molecule has 1 N–H and O–H groups in total. The van der Waals surface area contributed by atoms with Crippen molar-refractivity contribution in [3.8, 4) is 5.75 Å². The van der Waals surface area contributed by atoms with Crippen molar-refractivity contribution in [1.29, 1.82) is 0 Å². The van der Waals surface area contributed by atoms with Crippen molar-refractivity contribution in [3.05, 3.63) is 92.6 Å². The summed E-state index contributed by atoms with van der Waals surface area (Å²) in [6, 6.07) is 17.9. The van der Waals surface area contributed by atoms with Gasteiger partial charge in [-0.25, -0.2) is 4.79 Å². The second-order valence-corrected chi connectivity index (χ2v) is 8.04. The summed E-state index contributed by atoms with van der Waals surface area (Å²) in [6.45, 7) is 0. The summed E-state index contributed by atoms with van der Waals surface area (Å²) >= 11 is 15.4. The molecule has 1 aromatic heterocycles. The Morgan fingerprint density at radius 2 is 1.70 bits per heavy atom. The van der Waals surface area contributed by atoms with Gasteiger partial charge in [0.05, 0.1) is 10.7 Å². The van der Waals surface area contributed by atoms with Crippen LogP contribution in [0.1, 0.15) is 20.9 Å². The molecule has 4 rings (SSSR count). The lowest BCUT2D eigenvalue weighted by Gasteiger charge is -2.08. The van der Waals surface area contributed by atoms with Crippen LogP contribution in [0.3, 0.4) is 0 Å². The van der Waals surface area contributed by atoms with E-state index in [1.54, 1.807) is 30.3 Å². The van der Waals surface area contributed by atoms with Gasteiger partial charge in [-0.05, 0) is 66.7 Å². The summed E-state index contributed by atoms with van der Waals surface area (Å²) in [5, 5.41) is 4.30. The number of nitrogens with one attached hydrogen (secondary N) is 1. The van der Waals surface area contributed by atoms with Crippen LogP contribution in [0.4, 0.5) is 5.69 Å². The molecular formula is C22H12BrCl2NO4. The second kappa shape index (κ2) is 8.52. The fourth-order valence-corrected chi connectivity index (χ4v) is 3.45. The Morgan fingerprint density at radius 3 is 2.47 bits per heavy atom. The molecule has 0 radical (unpaired) electrons. The quantitative estimate of drug-likeness (QED) is 0.240. The largest absolute Gasteiger partial charge is 0.449 e. The predicted octanol–water partition coefficient (Wildman–Crippen LogP) is 6.97. The molecule has 0 unspecified atom stereocenters. The average Bonchev–Trinajstić information content (AvgIpc) is 3.14. The second-order valence-electron chi connectivity index (χ2n) is 6.28. The summed E-state index contributed by atoms with van der Waals surface area (Å²) in [5.41, 5.74) is 1.34. The highest BCUT2D eigenvalue weighted by Crippen LogP contribution is 2.27. The fourth-order valence-electron chi connectivity index (χ4n) is 2.73. The van der Waals surface area contributed by atoms with Gasteiger partial charge >= 0.3 is 5.97 Å². The minimum absolute atomic E-state index is 0.0838. The van der Waals surface area contributed by atoms with E-state index in [-0.39, 0.29) is 17.4 Å². The summed E-state index contributed by atoms with van der Waals surface area (Å²) < 4.78 is 11.7. The van der Waals surface area contributed by atoms with Crippen molar-refractivity contribution in [2.45, 2.75) is 0 Å². The van der Waals surface area contributed by atoms with Gasteiger partial charge in [0.2, 0.25) is 5.76 Å². The molecule has 0 bridgehead atoms. The molecule has 0 aliphatic carbocycles. The summed E-state index contributed by atoms with van der Waals surface area (Å²) in [4.78, 5) is 24.8. The van der Waals surface area contributed by atoms with Crippen LogP contribution in [0.5, 0.6) is 5.75 Å². The first kappa shape index (κ1) is 20.5. The van der Waals surface area contributed by atoms with Crippen molar-refractivity contribution in [2.75, 3.05) is 5.32 Å². The normalized spacial score (nSPS) is 10.8. The first-order valence-electron chi connectivity index (χ1n) is 8.67. The van der Waals surface area contributed by atoms with E-state index in [4.69, 9.17) is 32.4 Å². The molecule has 0 fully saturated rings. The Labute approximate surface area is 189 Å². The molecule has 4 aromatic rings. The van der Waals surface area contributed by atoms with Crippen LogP contribution in [0.15, 0.2) is 75.6 Å². The molecule has 0 aliphatic rings. The maximum atomic E-state index is 12.4. The van der Waals surface area contributed by atoms with Gasteiger partial charge in [0.15, 0.2) is 0 Å². The molecule has 30 heavy (non-hydrogen) atoms. The van der Waals surface area contributed by atoms with E-state index in [9.17, 15) is 9.59 Å². The van der Waals surface area contributed by atoms with Crippen molar-refractivity contribution < 1.29 is 18.7 Å². The van der Waals surface area contributed by atoms with Gasteiger partial charge in [-0.15, -0.1) is 0 Å². The number of hydrogen-bond donors (Lipinski definition) is 1. The highest BCUT2D eigenvalue weighted by molar-refractivity contribution is 9.10. The van der Waals surface area contributed by atoms with E-state index in [1.807, 2.05) is 12.1 Å². The Balaban J connectivity index is 1.45. The van der Waals surface area contributed by atoms with Crippen LogP contribution in [0.25, 0.3) is 11.0 Å². The zero-order valence-corrected chi connectivity index (χ0v) is 18.2. The van der Waals surface area contributed by atoms with Crippen LogP contribution >= 0.6 is 39.1 Å². The minimum atomic E-state index is -0.634. The van der Waals surface area contributed by atoms with Gasteiger partial charge < -0.3 is 14.5 Å². The molecule has 1 amide bonds. The van der Waals surface area contributed by atoms with E-state index >= 15 is 0 Å². The van der Waals surface area contributed by atoms with E-state index in [0.717, 1.165) is 9.86 Å². The van der Waals surface area contributed by atoms with Gasteiger partial charge in [-0.2, -0.15) is 0 Å². The highest BCUT2D eigenvalue weighted by Gasteiger charge is 2.16. The number of esters is 1. The third-order valence-electron chi connectivity index (χ3n) is 4.18. The number of hydrogen-bond acceptors (Lipinski definition) is 4. The number of furan rings is 1. The zero-order chi connectivity index (χ0) is 21.3. The molecular weight excluding hydrogens is 493 g/mol. The first-order valence-corrected chi connectivity index (χ1v) is 10.2. The molecule has 8 heteroatoms. The lowest BCUT2D eigenvalue weighted by Crippen LogP contribution is -2.12. The zero-order valence-electron chi connectivity index (χ0n) is 15.1. The Kier molecular flexibility index (Phi) is 5.81. The Hall–Kier alpha value is -2.80. The van der Waals surface area contributed by atoms with Gasteiger partial charge in [0.1, 0.15) is 11.3 Å². The smallest absolute Gasteiger partial charge is 0.379 e. The predicted molar refractivity (Wildman–Crippen MR) is 120 cm³/mol. The topological polar surface area (TPSA) is 68.5 Å². The Morgan fingerprint density at radius 1 is 0.933 bits per heavy atom. The third kappa shape index (κ3) is 4.51. The molecule has 5 nitrogen and oxygen atoms in total. The Bertz CT molecular complexity index is 1270. The van der Waals surface area contributed by atoms with Crippen LogP contribution in [0, 0.1) is 0 Å². The summed E-state index contributed by atoms with van der Waals surface area (Å²) in [5.74, 6) is -0.648. The molecule has 0 atom stereocenters. The molecule has 1 heterocycles. The number of halogens is 3. The van der Waals surface area contributed by atoms with Gasteiger partial charge in [0.25, 0.3) is 5.91 Å². The number of anilines is 1. The lowest BCUT2D eigenvalue weighted by atomic mass is 10.2. The SMILES string of the molecule is O=C(Nc1cc(Cl)ccc1Cl)c1ccc(OC(=O)c2cc3cc(Br)ccc3o2)cc1. The lowest BCUT2D eigenvalue weighted by molar-refractivity contribution is 0.0704. The van der Waals surface area contributed by atoms with Crippen LogP contribution in [-0.4, -0.2) is 11.9 Å². The summed E-state index contributed by atoms with van der Waals surface area (Å²) in [7, 11) is 0. The van der Waals surface area contributed by atoms with Crippen molar-refractivity contribution >= 4 is 67.7 Å². The third-order valence-corrected chi connectivity index (χ3v) is 5.24. The number of fused-ring (bicyclic) bond motifs is 1. The van der Waals surface area contributed by atoms with Crippen molar-refractivity contribution in [1.82, 2.24) is 0 Å². The molecule has 150 valence electrons. The minimum Gasteiger partial charge on any atom is -0.449 e. The van der Waals surface area contributed by atoms with Gasteiger partial charge in [-0.3, -0.25) is 4.79 Å². The van der Waals surface area contributed by atoms with E-state index in [0.29, 0.717) is 26.9 Å². The van der Waals surface area contributed by atoms with Crippen molar-refractivity contribution in [2.24, 2.45) is 0 Å². The highest BCUT2D eigenvalue weighted by atomic mass is 79.9. The monoisotopic (exact) mass is 503 g/mol. The van der Waals surface area contributed by atoms with Crippen LogP contribution < -0.4 is 10.1 Å². The van der Waals surface area contributed by atoms with Gasteiger partial charge in [0, 0.05) is 20.4 Å². The maximum Gasteiger partial charge on any atom is 0.379 e. The molecule has 0 saturated heterocycles. The standard InChI is InChI=1S/C22H12BrCl2NO4/c23-14-3-8-19-13(9-14)10-20(30-19)22(28)29-16-5-1-12(2-6-16)21(27)26-18-11-15(24)4-7-17(18)25/h1-11H,(H,26,27). The molecule has 0 aliphatic heterocycles. The van der Waals surface area contributed by atoms with Crippen LogP contribution in [-0.2, 0) is 0 Å². The number of benzene rings is 3. The number of carbonyl (C=O) groups is 2. The average molecular weight is 505 g/mol. The summed E-state index contributed by atoms with van der Waals surface area (Å²) in [6.07, 6.45) is 0. The molecule has 0 spiro atoms. The number of rotatable bonds is 4. The van der Waals surface area contributed by atoms with Gasteiger partial charge in [-0.1, -0.05) is 39.1 Å². The number of ether oxygens (including phenoxy) is 1. The van der Waals surface area contributed by atoms with E-state index in [2.05, 4.69) is 21.2 Å². The van der Waals surface area contributed by atoms with Crippen molar-refractivity contribution in [3.63, 3.8) is 0 Å². The van der Waals surface area contributed by atoms with E-state index in [1.165, 1.54) is 24.3 Å². The fraction of sp³-hybridized carbons (Fsp3) is 0. The maximum absolute atomic E-state index is 12.4. The molecule has 3 aromatic carbocycles. The number of carbonyl (C=O) groups excluding carboxylic acids is 2. The molecule has 0 saturated carbocycles. The van der Waals surface area contributed by atoms with Crippen LogP contribution in [0.2, 0.25) is 10.0 Å². The van der Waals surface area contributed by atoms with E-state index < -0.39 is 5.97 Å².